The number of aryl methyl sites for hydroxylation is 1. The first kappa shape index (κ1) is 15.5. The molecule has 1 rings (SSSR count). The van der Waals surface area contributed by atoms with Crippen molar-refractivity contribution in [3.8, 4) is 11.5 Å². The second-order valence-corrected chi connectivity index (χ2v) is 4.55. The minimum atomic E-state index is -0.0497. The number of hydrogen-bond donors (Lipinski definition) is 1. The van der Waals surface area contributed by atoms with Crippen LogP contribution in [0, 0.1) is 12.8 Å². The molecule has 0 heterocycles. The minimum Gasteiger partial charge on any atom is -0.496 e. The Hall–Kier alpha value is -1.55. The van der Waals surface area contributed by atoms with E-state index in [1.165, 1.54) is 0 Å². The number of methoxy groups -OCH3 is 2. The fourth-order valence-corrected chi connectivity index (χ4v) is 2.13. The van der Waals surface area contributed by atoms with E-state index in [4.69, 9.17) is 9.47 Å². The summed E-state index contributed by atoms with van der Waals surface area (Å²) in [5.41, 5.74) is 1.55. The maximum atomic E-state index is 12.5. The lowest BCUT2D eigenvalue weighted by Gasteiger charge is -2.17. The first-order valence-corrected chi connectivity index (χ1v) is 6.50. The lowest BCUT2D eigenvalue weighted by atomic mass is 9.93. The summed E-state index contributed by atoms with van der Waals surface area (Å²) < 4.78 is 10.6. The summed E-state index contributed by atoms with van der Waals surface area (Å²) in [5, 5.41) is 3.05. The molecule has 0 amide bonds. The highest BCUT2D eigenvalue weighted by atomic mass is 16.5. The van der Waals surface area contributed by atoms with Gasteiger partial charge in [-0.05, 0) is 38.1 Å². The largest absolute Gasteiger partial charge is 0.496 e. The van der Waals surface area contributed by atoms with E-state index in [0.29, 0.717) is 23.6 Å². The highest BCUT2D eigenvalue weighted by molar-refractivity contribution is 6.01. The van der Waals surface area contributed by atoms with Gasteiger partial charge in [-0.3, -0.25) is 4.79 Å². The van der Waals surface area contributed by atoms with Gasteiger partial charge in [0.1, 0.15) is 11.5 Å². The van der Waals surface area contributed by atoms with Crippen LogP contribution in [0.15, 0.2) is 12.1 Å². The summed E-state index contributed by atoms with van der Waals surface area (Å²) in [5.74, 6) is 1.36. The molecule has 1 atom stereocenters. The smallest absolute Gasteiger partial charge is 0.171 e. The van der Waals surface area contributed by atoms with Crippen molar-refractivity contribution in [1.82, 2.24) is 5.32 Å². The van der Waals surface area contributed by atoms with Gasteiger partial charge in [-0.25, -0.2) is 0 Å². The van der Waals surface area contributed by atoms with Crippen molar-refractivity contribution in [3.63, 3.8) is 0 Å². The molecule has 0 radical (unpaired) electrons. The van der Waals surface area contributed by atoms with Gasteiger partial charge in [0.2, 0.25) is 0 Å². The molecule has 0 fully saturated rings. The molecule has 19 heavy (non-hydrogen) atoms. The Morgan fingerprint density at radius 1 is 1.26 bits per heavy atom. The monoisotopic (exact) mass is 265 g/mol. The van der Waals surface area contributed by atoms with Gasteiger partial charge in [0.05, 0.1) is 19.8 Å². The topological polar surface area (TPSA) is 47.6 Å². The Bertz CT molecular complexity index is 443. The predicted octanol–water partition coefficient (Wildman–Crippen LogP) is 2.44. The van der Waals surface area contributed by atoms with Crippen molar-refractivity contribution in [2.45, 2.75) is 20.3 Å². The molecule has 1 aromatic rings. The SMILES string of the molecule is CCC(CNC)C(=O)c1cc(OC)c(C)cc1OC. The Morgan fingerprint density at radius 2 is 1.89 bits per heavy atom. The van der Waals surface area contributed by atoms with E-state index in [-0.39, 0.29) is 11.7 Å². The second kappa shape index (κ2) is 7.14. The van der Waals surface area contributed by atoms with Crippen molar-refractivity contribution in [1.29, 1.82) is 0 Å². The zero-order valence-electron chi connectivity index (χ0n) is 12.4. The number of ketones is 1. The summed E-state index contributed by atoms with van der Waals surface area (Å²) in [7, 11) is 5.04. The summed E-state index contributed by atoms with van der Waals surface area (Å²) in [6.45, 7) is 4.60. The second-order valence-electron chi connectivity index (χ2n) is 4.55. The Kier molecular flexibility index (Phi) is 5.83. The number of carbonyl (C=O) groups is 1. The van der Waals surface area contributed by atoms with E-state index in [9.17, 15) is 4.79 Å². The van der Waals surface area contributed by atoms with Crippen LogP contribution in [-0.4, -0.2) is 33.6 Å². The zero-order chi connectivity index (χ0) is 14.4. The maximum Gasteiger partial charge on any atom is 0.171 e. The quantitative estimate of drug-likeness (QED) is 0.769. The molecule has 1 unspecified atom stereocenters. The molecular weight excluding hydrogens is 242 g/mol. The van der Waals surface area contributed by atoms with Crippen LogP contribution in [0.4, 0.5) is 0 Å². The van der Waals surface area contributed by atoms with Gasteiger partial charge in [-0.15, -0.1) is 0 Å². The number of benzene rings is 1. The van der Waals surface area contributed by atoms with Gasteiger partial charge in [0, 0.05) is 12.5 Å². The molecule has 0 aliphatic heterocycles. The van der Waals surface area contributed by atoms with Crippen LogP contribution in [0.5, 0.6) is 11.5 Å². The summed E-state index contributed by atoms with van der Waals surface area (Å²) >= 11 is 0. The van der Waals surface area contributed by atoms with E-state index in [1.54, 1.807) is 20.3 Å². The van der Waals surface area contributed by atoms with Gasteiger partial charge in [-0.1, -0.05) is 6.92 Å². The fourth-order valence-electron chi connectivity index (χ4n) is 2.13. The summed E-state index contributed by atoms with van der Waals surface area (Å²) in [6.07, 6.45) is 0.791. The van der Waals surface area contributed by atoms with Gasteiger partial charge in [-0.2, -0.15) is 0 Å². The van der Waals surface area contributed by atoms with Crippen LogP contribution >= 0.6 is 0 Å². The number of Topliss-reactive ketones (excluding diaryl/α,β-unsaturated/α-hetero) is 1. The molecule has 0 bridgehead atoms. The Labute approximate surface area is 115 Å². The average Bonchev–Trinajstić information content (AvgIpc) is 2.43. The first-order chi connectivity index (χ1) is 9.08. The highest BCUT2D eigenvalue weighted by Gasteiger charge is 2.22. The van der Waals surface area contributed by atoms with Crippen LogP contribution in [0.3, 0.4) is 0 Å². The number of carbonyl (C=O) groups excluding carboxylic acids is 1. The van der Waals surface area contributed by atoms with Crippen LogP contribution < -0.4 is 14.8 Å². The van der Waals surface area contributed by atoms with Crippen molar-refractivity contribution in [2.75, 3.05) is 27.8 Å². The van der Waals surface area contributed by atoms with E-state index >= 15 is 0 Å². The Morgan fingerprint density at radius 3 is 2.37 bits per heavy atom. The van der Waals surface area contributed by atoms with E-state index in [0.717, 1.165) is 12.0 Å². The number of rotatable bonds is 7. The number of nitrogens with one attached hydrogen (secondary N) is 1. The van der Waals surface area contributed by atoms with Crippen LogP contribution in [0.1, 0.15) is 29.3 Å². The normalized spacial score (nSPS) is 12.1. The number of hydrogen-bond acceptors (Lipinski definition) is 4. The first-order valence-electron chi connectivity index (χ1n) is 6.50. The number of ether oxygens (including phenoxy) is 2. The van der Waals surface area contributed by atoms with E-state index < -0.39 is 0 Å². The van der Waals surface area contributed by atoms with Crippen molar-refractivity contribution in [3.05, 3.63) is 23.3 Å². The Balaban J connectivity index is 3.19. The predicted molar refractivity (Wildman–Crippen MR) is 76.3 cm³/mol. The van der Waals surface area contributed by atoms with Crippen LogP contribution in [-0.2, 0) is 0 Å². The lowest BCUT2D eigenvalue weighted by molar-refractivity contribution is 0.0913. The molecule has 0 saturated heterocycles. The molecule has 1 N–H and O–H groups in total. The van der Waals surface area contributed by atoms with Crippen molar-refractivity contribution in [2.24, 2.45) is 5.92 Å². The van der Waals surface area contributed by atoms with E-state index in [1.807, 2.05) is 27.0 Å². The molecule has 1 aromatic carbocycles. The molecule has 4 heteroatoms. The molecule has 106 valence electrons. The molecule has 0 aromatic heterocycles. The third kappa shape index (κ3) is 3.47. The van der Waals surface area contributed by atoms with Gasteiger partial charge in [0.25, 0.3) is 0 Å². The van der Waals surface area contributed by atoms with Gasteiger partial charge < -0.3 is 14.8 Å². The average molecular weight is 265 g/mol. The molecule has 0 saturated carbocycles. The molecule has 4 nitrogen and oxygen atoms in total. The van der Waals surface area contributed by atoms with Crippen molar-refractivity contribution < 1.29 is 14.3 Å². The molecule has 0 spiro atoms. The highest BCUT2D eigenvalue weighted by Crippen LogP contribution is 2.30. The fraction of sp³-hybridized carbons (Fsp3) is 0.533. The van der Waals surface area contributed by atoms with E-state index in [2.05, 4.69) is 5.32 Å². The molecule has 0 aliphatic rings. The third-order valence-electron chi connectivity index (χ3n) is 3.30. The standard InChI is InChI=1S/C15H23NO3/c1-6-11(9-16-3)15(17)12-8-13(18-4)10(2)7-14(12)19-5/h7-8,11,16H,6,9H2,1-5H3. The minimum absolute atomic E-state index is 0.0497. The van der Waals surface area contributed by atoms with Gasteiger partial charge in [0.15, 0.2) is 5.78 Å². The summed E-state index contributed by atoms with van der Waals surface area (Å²) in [6, 6.07) is 3.62. The zero-order valence-corrected chi connectivity index (χ0v) is 12.4. The summed E-state index contributed by atoms with van der Waals surface area (Å²) in [4.78, 5) is 12.5. The third-order valence-corrected chi connectivity index (χ3v) is 3.30. The van der Waals surface area contributed by atoms with Gasteiger partial charge >= 0.3 is 0 Å². The van der Waals surface area contributed by atoms with Crippen molar-refractivity contribution >= 4 is 5.78 Å². The maximum absolute atomic E-state index is 12.5. The molecule has 0 aliphatic carbocycles. The molecular formula is C15H23NO3. The lowest BCUT2D eigenvalue weighted by Crippen LogP contribution is -2.26. The van der Waals surface area contributed by atoms with Crippen LogP contribution in [0.2, 0.25) is 0 Å². The van der Waals surface area contributed by atoms with Crippen LogP contribution in [0.25, 0.3) is 0 Å².